The molecule has 0 aromatic rings. The molecule has 78 valence electrons. The van der Waals surface area contributed by atoms with E-state index in [1.54, 1.807) is 0 Å². The first-order chi connectivity index (χ1) is 6.36. The minimum absolute atomic E-state index is 0.962. The summed E-state index contributed by atoms with van der Waals surface area (Å²) >= 11 is 0. The maximum absolute atomic E-state index is 5.52. The van der Waals surface area contributed by atoms with Crippen LogP contribution in [0, 0.1) is 5.92 Å². The third-order valence-electron chi connectivity index (χ3n) is 2.99. The molecule has 1 rings (SSSR count). The normalized spacial score (nSPS) is 21.7. The molecule has 0 aromatic heterocycles. The number of rotatable bonds is 5. The van der Waals surface area contributed by atoms with Gasteiger partial charge in [-0.15, -0.1) is 0 Å². The Morgan fingerprint density at radius 3 is 2.54 bits per heavy atom. The van der Waals surface area contributed by atoms with E-state index in [9.17, 15) is 0 Å². The largest absolute Gasteiger partial charge is 0.409 e. The van der Waals surface area contributed by atoms with Crippen LogP contribution in [0.15, 0.2) is 0 Å². The lowest BCUT2D eigenvalue weighted by molar-refractivity contribution is 0.349. The lowest BCUT2D eigenvalue weighted by atomic mass is 9.91. The van der Waals surface area contributed by atoms with Crippen molar-refractivity contribution in [2.75, 3.05) is 13.7 Å². The van der Waals surface area contributed by atoms with Crippen LogP contribution in [0.5, 0.6) is 0 Å². The second-order valence-corrected chi connectivity index (χ2v) is 6.35. The van der Waals surface area contributed by atoms with Gasteiger partial charge in [0.25, 0.3) is 9.20 Å². The fourth-order valence-electron chi connectivity index (χ4n) is 2.22. The van der Waals surface area contributed by atoms with Gasteiger partial charge < -0.3 is 9.41 Å². The molecule has 0 saturated heterocycles. The van der Waals surface area contributed by atoms with Crippen LogP contribution >= 0.6 is 0 Å². The van der Waals surface area contributed by atoms with Gasteiger partial charge >= 0.3 is 0 Å². The molecule has 13 heavy (non-hydrogen) atoms. The summed E-state index contributed by atoms with van der Waals surface area (Å²) in [6.07, 6.45) is 7.23. The molecule has 1 atom stereocenters. The summed E-state index contributed by atoms with van der Waals surface area (Å²) in [6, 6.07) is 1.34. The van der Waals surface area contributed by atoms with Gasteiger partial charge in [-0.3, -0.25) is 0 Å². The van der Waals surface area contributed by atoms with Crippen LogP contribution in [0.4, 0.5) is 0 Å². The Morgan fingerprint density at radius 2 is 2.00 bits per heavy atom. The fourth-order valence-corrected chi connectivity index (χ4v) is 4.27. The van der Waals surface area contributed by atoms with Crippen molar-refractivity contribution in [3.63, 3.8) is 0 Å². The highest BCUT2D eigenvalue weighted by molar-refractivity contribution is 6.48. The predicted molar refractivity (Wildman–Crippen MR) is 59.2 cm³/mol. The zero-order chi connectivity index (χ0) is 9.52. The maximum atomic E-state index is 5.52. The highest BCUT2D eigenvalue weighted by atomic mass is 28.3. The second-order valence-electron chi connectivity index (χ2n) is 4.02. The van der Waals surface area contributed by atoms with Gasteiger partial charge in [0.05, 0.1) is 0 Å². The molecule has 0 amide bonds. The molecule has 0 radical (unpaired) electrons. The van der Waals surface area contributed by atoms with Crippen LogP contribution in [0.2, 0.25) is 6.04 Å². The van der Waals surface area contributed by atoms with Gasteiger partial charge in [0.2, 0.25) is 0 Å². The highest BCUT2D eigenvalue weighted by Gasteiger charge is 2.19. The molecule has 0 aromatic carbocycles. The standard InChI is InChI=1S/C10H23NOSi/c1-3-11-13(12-2)9-10-7-5-4-6-8-10/h10-11,13H,3-9H2,1-2H3. The minimum atomic E-state index is -1.04. The summed E-state index contributed by atoms with van der Waals surface area (Å²) in [5, 5.41) is 0. The zero-order valence-electron chi connectivity index (χ0n) is 9.01. The van der Waals surface area contributed by atoms with E-state index in [4.69, 9.17) is 4.43 Å². The minimum Gasteiger partial charge on any atom is -0.409 e. The SMILES string of the molecule is CCN[SiH](CC1CCCCC1)OC. The quantitative estimate of drug-likeness (QED) is 0.687. The Balaban J connectivity index is 2.18. The van der Waals surface area contributed by atoms with Crippen molar-refractivity contribution in [3.05, 3.63) is 0 Å². The molecule has 0 aliphatic heterocycles. The Bertz CT molecular complexity index is 123. The van der Waals surface area contributed by atoms with E-state index in [2.05, 4.69) is 11.9 Å². The summed E-state index contributed by atoms with van der Waals surface area (Å²) in [4.78, 5) is 3.50. The number of hydrogen-bond donors (Lipinski definition) is 1. The molecule has 1 fully saturated rings. The predicted octanol–water partition coefficient (Wildman–Crippen LogP) is 2.04. The first-order valence-corrected chi connectivity index (χ1v) is 7.49. The molecule has 1 N–H and O–H groups in total. The Hall–Kier alpha value is 0.137. The van der Waals surface area contributed by atoms with Gasteiger partial charge in [-0.05, 0) is 18.5 Å². The summed E-state index contributed by atoms with van der Waals surface area (Å²) in [5.41, 5.74) is 0. The average Bonchev–Trinajstić information content (AvgIpc) is 2.19. The first-order valence-electron chi connectivity index (χ1n) is 5.63. The lowest BCUT2D eigenvalue weighted by Crippen LogP contribution is -2.37. The topological polar surface area (TPSA) is 21.3 Å². The van der Waals surface area contributed by atoms with E-state index in [1.807, 2.05) is 7.11 Å². The molecule has 0 bridgehead atoms. The Morgan fingerprint density at radius 1 is 1.31 bits per heavy atom. The maximum Gasteiger partial charge on any atom is 0.252 e. The molecule has 2 nitrogen and oxygen atoms in total. The lowest BCUT2D eigenvalue weighted by Gasteiger charge is -2.24. The third kappa shape index (κ3) is 4.25. The van der Waals surface area contributed by atoms with E-state index < -0.39 is 9.20 Å². The summed E-state index contributed by atoms with van der Waals surface area (Å²) in [7, 11) is 0.827. The molecule has 3 heteroatoms. The van der Waals surface area contributed by atoms with Crippen molar-refractivity contribution in [2.45, 2.75) is 45.1 Å². The molecule has 1 aliphatic rings. The van der Waals surface area contributed by atoms with Crippen LogP contribution in [0.1, 0.15) is 39.0 Å². The van der Waals surface area contributed by atoms with Gasteiger partial charge in [-0.2, -0.15) is 0 Å². The van der Waals surface area contributed by atoms with E-state index >= 15 is 0 Å². The van der Waals surface area contributed by atoms with Crippen LogP contribution in [-0.4, -0.2) is 22.9 Å². The van der Waals surface area contributed by atoms with Crippen LogP contribution in [0.25, 0.3) is 0 Å². The van der Waals surface area contributed by atoms with Crippen LogP contribution < -0.4 is 4.98 Å². The molecule has 0 spiro atoms. The molecule has 1 aliphatic carbocycles. The van der Waals surface area contributed by atoms with Crippen molar-refractivity contribution in [1.82, 2.24) is 4.98 Å². The van der Waals surface area contributed by atoms with Crippen molar-refractivity contribution in [1.29, 1.82) is 0 Å². The van der Waals surface area contributed by atoms with Crippen molar-refractivity contribution in [2.24, 2.45) is 5.92 Å². The highest BCUT2D eigenvalue weighted by Crippen LogP contribution is 2.27. The van der Waals surface area contributed by atoms with Crippen LogP contribution in [-0.2, 0) is 4.43 Å². The molecule has 1 saturated carbocycles. The smallest absolute Gasteiger partial charge is 0.252 e. The van der Waals surface area contributed by atoms with Crippen LogP contribution in [0.3, 0.4) is 0 Å². The van der Waals surface area contributed by atoms with Gasteiger partial charge in [-0.1, -0.05) is 39.0 Å². The third-order valence-corrected chi connectivity index (χ3v) is 5.52. The van der Waals surface area contributed by atoms with Crippen molar-refractivity contribution >= 4 is 9.20 Å². The van der Waals surface area contributed by atoms with Gasteiger partial charge in [-0.25, -0.2) is 0 Å². The number of nitrogens with one attached hydrogen (secondary N) is 1. The Kier molecular flexibility index (Phi) is 5.67. The zero-order valence-corrected chi connectivity index (χ0v) is 10.2. The molecular weight excluding hydrogens is 178 g/mol. The number of hydrogen-bond acceptors (Lipinski definition) is 2. The van der Waals surface area contributed by atoms with Gasteiger partial charge in [0.15, 0.2) is 0 Å². The monoisotopic (exact) mass is 201 g/mol. The summed E-state index contributed by atoms with van der Waals surface area (Å²) < 4.78 is 5.52. The van der Waals surface area contributed by atoms with Crippen molar-refractivity contribution in [3.8, 4) is 0 Å². The van der Waals surface area contributed by atoms with Gasteiger partial charge in [0.1, 0.15) is 0 Å². The summed E-state index contributed by atoms with van der Waals surface area (Å²) in [5.74, 6) is 0.962. The van der Waals surface area contributed by atoms with Crippen molar-refractivity contribution < 1.29 is 4.43 Å². The summed E-state index contributed by atoms with van der Waals surface area (Å²) in [6.45, 7) is 3.23. The first kappa shape index (κ1) is 11.2. The van der Waals surface area contributed by atoms with E-state index in [0.29, 0.717) is 0 Å². The van der Waals surface area contributed by atoms with Gasteiger partial charge in [0, 0.05) is 7.11 Å². The Labute approximate surface area is 83.9 Å². The fraction of sp³-hybridized carbons (Fsp3) is 1.00. The van der Waals surface area contributed by atoms with E-state index in [-0.39, 0.29) is 0 Å². The molecule has 1 unspecified atom stereocenters. The average molecular weight is 201 g/mol. The second kappa shape index (κ2) is 6.57. The molecule has 0 heterocycles. The van der Waals surface area contributed by atoms with E-state index in [0.717, 1.165) is 12.5 Å². The molecular formula is C10H23NOSi. The van der Waals surface area contributed by atoms with E-state index in [1.165, 1.54) is 38.1 Å².